The fraction of sp³-hybridized carbons (Fsp3) is 0.435. The van der Waals surface area contributed by atoms with E-state index in [0.717, 1.165) is 10.4 Å². The van der Waals surface area contributed by atoms with Crippen molar-refractivity contribution in [1.29, 1.82) is 0 Å². The van der Waals surface area contributed by atoms with Gasteiger partial charge in [0.15, 0.2) is 0 Å². The minimum Gasteiger partial charge on any atom is -0.481 e. The first-order valence-corrected chi connectivity index (χ1v) is 11.2. The first kappa shape index (κ1) is 21.5. The van der Waals surface area contributed by atoms with Gasteiger partial charge in [-0.25, -0.2) is 0 Å². The molecule has 2 fully saturated rings. The molecule has 0 radical (unpaired) electrons. The summed E-state index contributed by atoms with van der Waals surface area (Å²) in [4.78, 5) is 38.0. The molecule has 2 saturated heterocycles. The van der Waals surface area contributed by atoms with Crippen molar-refractivity contribution in [1.82, 2.24) is 0 Å². The molecule has 31 heavy (non-hydrogen) atoms. The first-order chi connectivity index (χ1) is 14.7. The van der Waals surface area contributed by atoms with E-state index in [0.29, 0.717) is 29.3 Å². The summed E-state index contributed by atoms with van der Waals surface area (Å²) in [6, 6.07) is 7.94. The van der Waals surface area contributed by atoms with Crippen LogP contribution < -0.4 is 11.1 Å². The summed E-state index contributed by atoms with van der Waals surface area (Å²) in [6.45, 7) is 6.09. The Morgan fingerprint density at radius 2 is 1.74 bits per heavy atom. The number of carbonyl (C=O) groups is 3. The Morgan fingerprint density at radius 1 is 1.13 bits per heavy atom. The standard InChI is InChI=1S/C23H26N2O5S/c1-10(2)12-4-6-13(7-5-12)16-11(3)31-22(19(16)20(24)26)25-21(27)17-14-8-9-15(30-14)18(17)23(28)29/h4-7,10,14-15,17-18H,8-9H2,1-3H3,(H2,24,26)(H,25,27)(H,28,29)/t14-,15-,17+,18-/m0/s1. The van der Waals surface area contributed by atoms with E-state index in [-0.39, 0.29) is 5.56 Å². The number of rotatable bonds is 6. The van der Waals surface area contributed by atoms with Crippen molar-refractivity contribution in [3.8, 4) is 11.1 Å². The van der Waals surface area contributed by atoms with Crippen LogP contribution in [0.15, 0.2) is 24.3 Å². The summed E-state index contributed by atoms with van der Waals surface area (Å²) < 4.78 is 5.69. The minimum atomic E-state index is -1.03. The highest BCUT2D eigenvalue weighted by molar-refractivity contribution is 7.17. The Hall–Kier alpha value is -2.71. The average molecular weight is 443 g/mol. The van der Waals surface area contributed by atoms with Crippen molar-refractivity contribution in [2.24, 2.45) is 17.6 Å². The molecule has 1 aromatic carbocycles. The molecule has 164 valence electrons. The second kappa shape index (κ2) is 8.09. The topological polar surface area (TPSA) is 119 Å². The van der Waals surface area contributed by atoms with Crippen LogP contribution in [-0.4, -0.2) is 35.1 Å². The van der Waals surface area contributed by atoms with Crippen LogP contribution >= 0.6 is 11.3 Å². The molecular weight excluding hydrogens is 416 g/mol. The van der Waals surface area contributed by atoms with Crippen molar-refractivity contribution < 1.29 is 24.2 Å². The number of primary amides is 1. The Balaban J connectivity index is 1.67. The molecule has 2 aromatic rings. The van der Waals surface area contributed by atoms with E-state index in [4.69, 9.17) is 10.5 Å². The van der Waals surface area contributed by atoms with Gasteiger partial charge in [0.05, 0.1) is 29.6 Å². The number of amides is 2. The minimum absolute atomic E-state index is 0.254. The maximum absolute atomic E-state index is 13.1. The molecule has 8 heteroatoms. The molecule has 0 unspecified atom stereocenters. The van der Waals surface area contributed by atoms with Crippen LogP contribution in [-0.2, 0) is 14.3 Å². The Kier molecular flexibility index (Phi) is 5.61. The van der Waals surface area contributed by atoms with E-state index in [1.54, 1.807) is 0 Å². The number of hydrogen-bond donors (Lipinski definition) is 3. The highest BCUT2D eigenvalue weighted by Crippen LogP contribution is 2.45. The molecule has 3 heterocycles. The molecule has 0 spiro atoms. The number of thiophene rings is 1. The lowest BCUT2D eigenvalue weighted by atomic mass is 9.78. The lowest BCUT2D eigenvalue weighted by Crippen LogP contribution is -2.41. The molecule has 1 aromatic heterocycles. The number of aryl methyl sites for hydroxylation is 1. The summed E-state index contributed by atoms with van der Waals surface area (Å²) in [5.74, 6) is -3.38. The van der Waals surface area contributed by atoms with Crippen LogP contribution in [0.5, 0.6) is 0 Å². The maximum Gasteiger partial charge on any atom is 0.310 e. The van der Waals surface area contributed by atoms with Gasteiger partial charge in [0.1, 0.15) is 5.00 Å². The van der Waals surface area contributed by atoms with E-state index in [1.165, 1.54) is 16.9 Å². The largest absolute Gasteiger partial charge is 0.481 e. The van der Waals surface area contributed by atoms with Crippen LogP contribution in [0.25, 0.3) is 11.1 Å². The fourth-order valence-electron chi connectivity index (χ4n) is 4.77. The van der Waals surface area contributed by atoms with Crippen molar-refractivity contribution in [2.75, 3.05) is 5.32 Å². The highest BCUT2D eigenvalue weighted by Gasteiger charge is 2.55. The quantitative estimate of drug-likeness (QED) is 0.629. The zero-order chi connectivity index (χ0) is 22.4. The third-order valence-electron chi connectivity index (χ3n) is 6.29. The number of nitrogens with two attached hydrogens (primary N) is 1. The van der Waals surface area contributed by atoms with Crippen molar-refractivity contribution in [2.45, 2.75) is 51.7 Å². The molecule has 2 bridgehead atoms. The van der Waals surface area contributed by atoms with E-state index < -0.39 is 41.8 Å². The van der Waals surface area contributed by atoms with E-state index in [2.05, 4.69) is 19.2 Å². The normalized spacial score (nSPS) is 24.5. The van der Waals surface area contributed by atoms with Crippen LogP contribution in [0.2, 0.25) is 0 Å². The number of fused-ring (bicyclic) bond motifs is 2. The number of carboxylic acid groups (broad SMARTS) is 1. The number of hydrogen-bond acceptors (Lipinski definition) is 5. The molecule has 2 amide bonds. The van der Waals surface area contributed by atoms with Gasteiger partial charge >= 0.3 is 5.97 Å². The van der Waals surface area contributed by atoms with Gasteiger partial charge in [-0.05, 0) is 36.8 Å². The lowest BCUT2D eigenvalue weighted by Gasteiger charge is -2.23. The summed E-state index contributed by atoms with van der Waals surface area (Å²) in [6.07, 6.45) is 0.458. The first-order valence-electron chi connectivity index (χ1n) is 10.4. The van der Waals surface area contributed by atoms with Gasteiger partial charge in [0.2, 0.25) is 5.91 Å². The SMILES string of the molecule is Cc1sc(NC(=O)[C@H]2[C@@H](C(=O)O)[C@@H]3CC[C@@H]2O3)c(C(N)=O)c1-c1ccc(C(C)C)cc1. The Bertz CT molecular complexity index is 1040. The number of carbonyl (C=O) groups excluding carboxylic acids is 2. The maximum atomic E-state index is 13.1. The van der Waals surface area contributed by atoms with Crippen molar-refractivity contribution in [3.63, 3.8) is 0 Å². The lowest BCUT2D eigenvalue weighted by molar-refractivity contribution is -0.147. The van der Waals surface area contributed by atoms with Gasteiger partial charge < -0.3 is 20.9 Å². The Morgan fingerprint density at radius 3 is 2.29 bits per heavy atom. The van der Waals surface area contributed by atoms with Gasteiger partial charge in [-0.15, -0.1) is 11.3 Å². The van der Waals surface area contributed by atoms with Gasteiger partial charge in [0, 0.05) is 10.4 Å². The van der Waals surface area contributed by atoms with Crippen molar-refractivity contribution in [3.05, 3.63) is 40.3 Å². The molecule has 4 atom stereocenters. The predicted molar refractivity (Wildman–Crippen MR) is 118 cm³/mol. The van der Waals surface area contributed by atoms with Gasteiger partial charge in [-0.3, -0.25) is 14.4 Å². The number of anilines is 1. The number of aliphatic carboxylic acids is 1. The summed E-state index contributed by atoms with van der Waals surface area (Å²) in [5.41, 5.74) is 8.69. The van der Waals surface area contributed by atoms with Crippen LogP contribution in [0.1, 0.15) is 53.4 Å². The Labute approximate surface area is 184 Å². The smallest absolute Gasteiger partial charge is 0.310 e. The zero-order valence-corrected chi connectivity index (χ0v) is 18.5. The average Bonchev–Trinajstić information content (AvgIpc) is 3.40. The molecule has 7 nitrogen and oxygen atoms in total. The van der Waals surface area contributed by atoms with Crippen LogP contribution in [0.3, 0.4) is 0 Å². The van der Waals surface area contributed by atoms with Gasteiger partial charge in [-0.1, -0.05) is 38.1 Å². The fourth-order valence-corrected chi connectivity index (χ4v) is 5.85. The second-order valence-corrected chi connectivity index (χ2v) is 9.77. The van der Waals surface area contributed by atoms with Crippen LogP contribution in [0, 0.1) is 18.8 Å². The second-order valence-electron chi connectivity index (χ2n) is 8.55. The van der Waals surface area contributed by atoms with Crippen molar-refractivity contribution >= 4 is 34.1 Å². The molecule has 2 aliphatic rings. The molecule has 4 N–H and O–H groups in total. The highest BCUT2D eigenvalue weighted by atomic mass is 32.1. The zero-order valence-electron chi connectivity index (χ0n) is 17.7. The number of benzene rings is 1. The third-order valence-corrected chi connectivity index (χ3v) is 7.32. The summed E-state index contributed by atoms with van der Waals surface area (Å²) >= 11 is 1.27. The number of nitrogens with one attached hydrogen (secondary N) is 1. The molecule has 2 aliphatic heterocycles. The third kappa shape index (κ3) is 3.74. The summed E-state index contributed by atoms with van der Waals surface area (Å²) in [7, 11) is 0. The van der Waals surface area contributed by atoms with Crippen LogP contribution in [0.4, 0.5) is 5.00 Å². The predicted octanol–water partition coefficient (Wildman–Crippen LogP) is 3.76. The molecule has 0 saturated carbocycles. The van der Waals surface area contributed by atoms with E-state index in [9.17, 15) is 19.5 Å². The summed E-state index contributed by atoms with van der Waals surface area (Å²) in [5, 5.41) is 12.7. The number of ether oxygens (including phenoxy) is 1. The monoisotopic (exact) mass is 442 g/mol. The number of carboxylic acids is 1. The molecule has 0 aliphatic carbocycles. The van der Waals surface area contributed by atoms with Gasteiger partial charge in [0.25, 0.3) is 5.91 Å². The van der Waals surface area contributed by atoms with E-state index in [1.807, 2.05) is 31.2 Å². The molecule has 4 rings (SSSR count). The van der Waals surface area contributed by atoms with Gasteiger partial charge in [-0.2, -0.15) is 0 Å². The molecular formula is C23H26N2O5S. The van der Waals surface area contributed by atoms with E-state index >= 15 is 0 Å².